The molecule has 1 saturated heterocycles. The zero-order chi connectivity index (χ0) is 10.0. The highest BCUT2D eigenvalue weighted by molar-refractivity contribution is 9.10. The number of rotatable bonds is 2. The third-order valence-corrected chi connectivity index (χ3v) is 3.20. The molecule has 0 bridgehead atoms. The fourth-order valence-corrected chi connectivity index (χ4v) is 2.13. The monoisotopic (exact) mass is 291 g/mol. The van der Waals surface area contributed by atoms with E-state index in [0.29, 0.717) is 6.54 Å². The minimum atomic E-state index is -0.534. The Morgan fingerprint density at radius 2 is 2.00 bits per heavy atom. The number of hydrogen-bond donors (Lipinski definition) is 2. The van der Waals surface area contributed by atoms with Gasteiger partial charge in [-0.1, -0.05) is 28.1 Å². The second-order valence-electron chi connectivity index (χ2n) is 3.95. The van der Waals surface area contributed by atoms with Gasteiger partial charge in [-0.3, -0.25) is 0 Å². The molecule has 0 amide bonds. The minimum absolute atomic E-state index is 0. The molecule has 2 rings (SSSR count). The number of benzene rings is 1. The lowest BCUT2D eigenvalue weighted by molar-refractivity contribution is 0.0619. The topological polar surface area (TPSA) is 32.3 Å². The number of nitrogens with one attached hydrogen (secondary N) is 1. The average molecular weight is 293 g/mol. The van der Waals surface area contributed by atoms with E-state index in [1.54, 1.807) is 0 Å². The van der Waals surface area contributed by atoms with E-state index in [1.807, 2.05) is 12.1 Å². The van der Waals surface area contributed by atoms with Crippen LogP contribution in [0.5, 0.6) is 0 Å². The van der Waals surface area contributed by atoms with Crippen molar-refractivity contribution in [1.82, 2.24) is 5.32 Å². The molecule has 1 aliphatic rings. The van der Waals surface area contributed by atoms with Crippen molar-refractivity contribution < 1.29 is 5.11 Å². The van der Waals surface area contributed by atoms with Crippen LogP contribution in [-0.4, -0.2) is 23.8 Å². The zero-order valence-corrected chi connectivity index (χ0v) is 10.8. The van der Waals surface area contributed by atoms with Gasteiger partial charge in [0.25, 0.3) is 0 Å². The molecule has 0 saturated carbocycles. The summed E-state index contributed by atoms with van der Waals surface area (Å²) >= 11 is 3.40. The highest BCUT2D eigenvalue weighted by Crippen LogP contribution is 2.21. The van der Waals surface area contributed by atoms with Crippen LogP contribution in [0.1, 0.15) is 12.0 Å². The van der Waals surface area contributed by atoms with Crippen LogP contribution in [0.4, 0.5) is 0 Å². The fourth-order valence-electron chi connectivity index (χ4n) is 1.86. The van der Waals surface area contributed by atoms with Gasteiger partial charge in [-0.25, -0.2) is 0 Å². The van der Waals surface area contributed by atoms with Crippen molar-refractivity contribution in [2.45, 2.75) is 18.4 Å². The Balaban J connectivity index is 0.00000112. The van der Waals surface area contributed by atoms with Crippen molar-refractivity contribution in [3.05, 3.63) is 34.3 Å². The third-order valence-electron chi connectivity index (χ3n) is 2.67. The van der Waals surface area contributed by atoms with Gasteiger partial charge in [-0.05, 0) is 30.7 Å². The summed E-state index contributed by atoms with van der Waals surface area (Å²) in [5.41, 5.74) is 0.660. The van der Waals surface area contributed by atoms with Crippen LogP contribution in [-0.2, 0) is 6.42 Å². The summed E-state index contributed by atoms with van der Waals surface area (Å²) in [6.07, 6.45) is 1.59. The second-order valence-corrected chi connectivity index (χ2v) is 4.87. The van der Waals surface area contributed by atoms with E-state index in [-0.39, 0.29) is 12.4 Å². The quantitative estimate of drug-likeness (QED) is 0.875. The van der Waals surface area contributed by atoms with Crippen LogP contribution in [0.15, 0.2) is 28.7 Å². The zero-order valence-electron chi connectivity index (χ0n) is 8.37. The Labute approximate surface area is 105 Å². The summed E-state index contributed by atoms with van der Waals surface area (Å²) in [5.74, 6) is 0. The van der Waals surface area contributed by atoms with Crippen molar-refractivity contribution in [2.75, 3.05) is 13.1 Å². The summed E-state index contributed by atoms with van der Waals surface area (Å²) in [4.78, 5) is 0. The largest absolute Gasteiger partial charge is 0.388 e. The maximum atomic E-state index is 10.1. The maximum Gasteiger partial charge on any atom is 0.0823 e. The molecule has 0 spiro atoms. The van der Waals surface area contributed by atoms with Crippen LogP contribution in [0.25, 0.3) is 0 Å². The van der Waals surface area contributed by atoms with E-state index in [1.165, 1.54) is 5.56 Å². The molecule has 2 nitrogen and oxygen atoms in total. The molecule has 1 atom stereocenters. The number of hydrogen-bond acceptors (Lipinski definition) is 2. The Morgan fingerprint density at radius 3 is 2.53 bits per heavy atom. The summed E-state index contributed by atoms with van der Waals surface area (Å²) in [7, 11) is 0. The van der Waals surface area contributed by atoms with Gasteiger partial charge in [-0.2, -0.15) is 0 Å². The molecule has 15 heavy (non-hydrogen) atoms. The Bertz CT molecular complexity index is 309. The molecule has 0 radical (unpaired) electrons. The highest BCUT2D eigenvalue weighted by Gasteiger charge is 2.30. The molecule has 0 aliphatic carbocycles. The lowest BCUT2D eigenvalue weighted by atomic mass is 9.94. The standard InChI is InChI=1S/C11H14BrNO.ClH/c12-10-3-1-9(2-4-10)7-11(14)5-6-13-8-11;/h1-4,13-14H,5-8H2;1H. The SMILES string of the molecule is Cl.OC1(Cc2ccc(Br)cc2)CCNC1. The van der Waals surface area contributed by atoms with Gasteiger partial charge in [0.1, 0.15) is 0 Å². The summed E-state index contributed by atoms with van der Waals surface area (Å²) in [5, 5.41) is 13.3. The number of halogens is 2. The van der Waals surface area contributed by atoms with Crippen molar-refractivity contribution in [1.29, 1.82) is 0 Å². The predicted molar refractivity (Wildman–Crippen MR) is 67.5 cm³/mol. The van der Waals surface area contributed by atoms with Gasteiger partial charge in [0, 0.05) is 17.4 Å². The first kappa shape index (κ1) is 13.0. The second kappa shape index (κ2) is 5.30. The summed E-state index contributed by atoms with van der Waals surface area (Å²) in [6.45, 7) is 1.64. The maximum absolute atomic E-state index is 10.1. The number of β-amino-alcohol motifs (C(OH)–C–C–N with tert-alkyl or cyclic N) is 1. The van der Waals surface area contributed by atoms with E-state index in [9.17, 15) is 5.11 Å². The molecule has 84 valence electrons. The van der Waals surface area contributed by atoms with Gasteiger partial charge in [0.05, 0.1) is 5.60 Å². The highest BCUT2D eigenvalue weighted by atomic mass is 79.9. The predicted octanol–water partition coefficient (Wildman–Crippen LogP) is 2.14. The molecule has 1 unspecified atom stereocenters. The fraction of sp³-hybridized carbons (Fsp3) is 0.455. The number of aliphatic hydroxyl groups is 1. The summed E-state index contributed by atoms with van der Waals surface area (Å²) < 4.78 is 1.08. The molecular formula is C11H15BrClNO. The first-order chi connectivity index (χ1) is 6.68. The first-order valence-corrected chi connectivity index (χ1v) is 5.65. The van der Waals surface area contributed by atoms with E-state index in [4.69, 9.17) is 0 Å². The van der Waals surface area contributed by atoms with Crippen LogP contribution >= 0.6 is 28.3 Å². The molecular weight excluding hydrogens is 277 g/mol. The molecule has 1 fully saturated rings. The molecule has 1 heterocycles. The van der Waals surface area contributed by atoms with Crippen molar-refractivity contribution in [2.24, 2.45) is 0 Å². The van der Waals surface area contributed by atoms with Crippen LogP contribution < -0.4 is 5.32 Å². The van der Waals surface area contributed by atoms with Crippen molar-refractivity contribution in [3.8, 4) is 0 Å². The van der Waals surface area contributed by atoms with Gasteiger partial charge in [0.15, 0.2) is 0 Å². The molecule has 1 aromatic carbocycles. The lowest BCUT2D eigenvalue weighted by Gasteiger charge is -2.21. The van der Waals surface area contributed by atoms with E-state index in [2.05, 4.69) is 33.4 Å². The third kappa shape index (κ3) is 3.45. The lowest BCUT2D eigenvalue weighted by Crippen LogP contribution is -2.33. The van der Waals surface area contributed by atoms with Gasteiger partial charge in [-0.15, -0.1) is 12.4 Å². The molecule has 1 aliphatic heterocycles. The Hall–Kier alpha value is -0.0900. The molecule has 1 aromatic rings. The average Bonchev–Trinajstić information content (AvgIpc) is 2.57. The van der Waals surface area contributed by atoms with E-state index >= 15 is 0 Å². The Morgan fingerprint density at radius 1 is 1.33 bits per heavy atom. The van der Waals surface area contributed by atoms with E-state index < -0.39 is 5.60 Å². The van der Waals surface area contributed by atoms with Crippen molar-refractivity contribution in [3.63, 3.8) is 0 Å². The van der Waals surface area contributed by atoms with Crippen LogP contribution in [0.2, 0.25) is 0 Å². The van der Waals surface area contributed by atoms with Gasteiger partial charge < -0.3 is 10.4 Å². The van der Waals surface area contributed by atoms with Gasteiger partial charge in [0.2, 0.25) is 0 Å². The van der Waals surface area contributed by atoms with Crippen LogP contribution in [0, 0.1) is 0 Å². The minimum Gasteiger partial charge on any atom is -0.388 e. The van der Waals surface area contributed by atoms with E-state index in [0.717, 1.165) is 23.9 Å². The normalized spacial score (nSPS) is 24.9. The Kier molecular flexibility index (Phi) is 4.59. The molecule has 4 heteroatoms. The summed E-state index contributed by atoms with van der Waals surface area (Å²) in [6, 6.07) is 8.14. The molecule has 2 N–H and O–H groups in total. The first-order valence-electron chi connectivity index (χ1n) is 4.86. The van der Waals surface area contributed by atoms with Crippen molar-refractivity contribution >= 4 is 28.3 Å². The van der Waals surface area contributed by atoms with Crippen LogP contribution in [0.3, 0.4) is 0 Å². The van der Waals surface area contributed by atoms with Gasteiger partial charge >= 0.3 is 0 Å². The smallest absolute Gasteiger partial charge is 0.0823 e. The molecule has 0 aromatic heterocycles.